The van der Waals surface area contributed by atoms with E-state index in [4.69, 9.17) is 0 Å². The lowest BCUT2D eigenvalue weighted by molar-refractivity contribution is -0.140. The van der Waals surface area contributed by atoms with Crippen LogP contribution in [-0.4, -0.2) is 50.5 Å². The van der Waals surface area contributed by atoms with Gasteiger partial charge in [0.05, 0.1) is 10.6 Å². The van der Waals surface area contributed by atoms with Gasteiger partial charge in [-0.2, -0.15) is 0 Å². The molecule has 7 nitrogen and oxygen atoms in total. The van der Waals surface area contributed by atoms with Crippen molar-refractivity contribution in [2.24, 2.45) is 5.92 Å². The van der Waals surface area contributed by atoms with E-state index in [0.717, 1.165) is 31.5 Å². The Labute approximate surface area is 278 Å². The molecule has 0 fully saturated rings. The fourth-order valence-corrected chi connectivity index (χ4v) is 6.80. The first-order valence-electron chi connectivity index (χ1n) is 15.4. The summed E-state index contributed by atoms with van der Waals surface area (Å²) < 4.78 is 29.6. The second kappa shape index (κ2) is 16.0. The van der Waals surface area contributed by atoms with Gasteiger partial charge in [0.25, 0.3) is 10.0 Å². The molecule has 2 amide bonds. The summed E-state index contributed by atoms with van der Waals surface area (Å²) in [6.07, 6.45) is 2.20. The smallest absolute Gasteiger partial charge is 0.264 e. The fraction of sp³-hybridized carbons (Fsp3) is 0.297. The summed E-state index contributed by atoms with van der Waals surface area (Å²) in [5, 5.41) is 3.02. The zero-order valence-electron chi connectivity index (χ0n) is 27.1. The number of carbonyl (C=O) groups excluding carboxylic acids is 2. The number of sulfonamides is 1. The molecule has 0 saturated heterocycles. The van der Waals surface area contributed by atoms with Gasteiger partial charge in [0.2, 0.25) is 11.8 Å². The number of amides is 2. The lowest BCUT2D eigenvalue weighted by atomic mass is 10.0. The molecule has 0 bridgehead atoms. The zero-order chi connectivity index (χ0) is 33.3. The normalized spacial score (nSPS) is 12.0. The van der Waals surface area contributed by atoms with Crippen molar-refractivity contribution >= 4 is 39.3 Å². The SMILES string of the molecule is CSc1ccc(S(=O)(=O)N(CC(=O)N(Cc2ccc(C)cc2)[C@@H](Cc2ccccc2)C(=O)NCC(C)C)c2ccc(C)cc2)cc1. The summed E-state index contributed by atoms with van der Waals surface area (Å²) >= 11 is 1.52. The minimum Gasteiger partial charge on any atom is -0.354 e. The number of anilines is 1. The first kappa shape index (κ1) is 34.8. The van der Waals surface area contributed by atoms with E-state index in [1.165, 1.54) is 16.7 Å². The molecule has 0 heterocycles. The summed E-state index contributed by atoms with van der Waals surface area (Å²) in [6.45, 7) is 8.03. The van der Waals surface area contributed by atoms with Gasteiger partial charge in [-0.15, -0.1) is 11.8 Å². The fourth-order valence-electron chi connectivity index (χ4n) is 4.98. The number of rotatable bonds is 14. The van der Waals surface area contributed by atoms with Crippen LogP contribution in [0.15, 0.2) is 113 Å². The highest BCUT2D eigenvalue weighted by atomic mass is 32.2. The van der Waals surface area contributed by atoms with E-state index in [1.807, 2.05) is 101 Å². The van der Waals surface area contributed by atoms with Gasteiger partial charge in [0.15, 0.2) is 0 Å². The van der Waals surface area contributed by atoms with Crippen LogP contribution in [0.4, 0.5) is 5.69 Å². The quantitative estimate of drug-likeness (QED) is 0.154. The molecule has 242 valence electrons. The summed E-state index contributed by atoms with van der Waals surface area (Å²) in [5.74, 6) is -0.552. The monoisotopic (exact) mass is 657 g/mol. The van der Waals surface area contributed by atoms with E-state index < -0.39 is 28.5 Å². The number of aryl methyl sites for hydroxylation is 2. The van der Waals surface area contributed by atoms with Crippen molar-refractivity contribution in [1.29, 1.82) is 0 Å². The second-order valence-corrected chi connectivity index (χ2v) is 14.6. The average molecular weight is 658 g/mol. The van der Waals surface area contributed by atoms with Crippen LogP contribution in [0.25, 0.3) is 0 Å². The number of thioether (sulfide) groups is 1. The molecule has 0 radical (unpaired) electrons. The van der Waals surface area contributed by atoms with Gasteiger partial charge in [-0.3, -0.25) is 13.9 Å². The van der Waals surface area contributed by atoms with Gasteiger partial charge < -0.3 is 10.2 Å². The third-order valence-corrected chi connectivity index (χ3v) is 10.2. The number of hydrogen-bond acceptors (Lipinski definition) is 5. The van der Waals surface area contributed by atoms with Gasteiger partial charge >= 0.3 is 0 Å². The topological polar surface area (TPSA) is 86.8 Å². The van der Waals surface area contributed by atoms with Crippen LogP contribution in [-0.2, 0) is 32.6 Å². The maximum absolute atomic E-state index is 14.6. The molecule has 0 saturated carbocycles. The van der Waals surface area contributed by atoms with E-state index in [2.05, 4.69) is 5.32 Å². The summed E-state index contributed by atoms with van der Waals surface area (Å²) in [4.78, 5) is 31.0. The largest absolute Gasteiger partial charge is 0.354 e. The predicted molar refractivity (Wildman–Crippen MR) is 187 cm³/mol. The van der Waals surface area contributed by atoms with Crippen LogP contribution >= 0.6 is 11.8 Å². The molecule has 1 N–H and O–H groups in total. The van der Waals surface area contributed by atoms with Crippen molar-refractivity contribution in [3.63, 3.8) is 0 Å². The van der Waals surface area contributed by atoms with E-state index in [1.54, 1.807) is 36.4 Å². The lowest BCUT2D eigenvalue weighted by Gasteiger charge is -2.34. The van der Waals surface area contributed by atoms with E-state index in [9.17, 15) is 18.0 Å². The molecule has 0 spiro atoms. The molecule has 4 rings (SSSR count). The van der Waals surface area contributed by atoms with Gasteiger partial charge in [0, 0.05) is 24.4 Å². The molecule has 9 heteroatoms. The minimum atomic E-state index is -4.15. The van der Waals surface area contributed by atoms with E-state index in [0.29, 0.717) is 12.2 Å². The Kier molecular flexibility index (Phi) is 12.1. The molecule has 4 aromatic rings. The standard InChI is InChI=1S/C37H43N3O4S2/c1-27(2)24-38-37(42)35(23-30-9-7-6-8-10-30)39(25-31-15-11-28(3)12-16-31)36(41)26-40(32-17-13-29(4)14-18-32)46(43,44)34-21-19-33(45-5)20-22-34/h6-22,27,35H,23-26H2,1-5H3,(H,38,42)/t35-/m0/s1. The van der Waals surface area contributed by atoms with Crippen LogP contribution in [0.5, 0.6) is 0 Å². The van der Waals surface area contributed by atoms with Crippen molar-refractivity contribution in [3.8, 4) is 0 Å². The number of nitrogens with zero attached hydrogens (tertiary/aromatic N) is 2. The minimum absolute atomic E-state index is 0.0827. The summed E-state index contributed by atoms with van der Waals surface area (Å²) in [5.41, 5.74) is 4.13. The summed E-state index contributed by atoms with van der Waals surface area (Å²) in [6, 6.07) is 30.2. The molecule has 0 aliphatic carbocycles. The van der Waals surface area contributed by atoms with Crippen LogP contribution in [0.2, 0.25) is 0 Å². The molecule has 0 aromatic heterocycles. The third kappa shape index (κ3) is 9.23. The molecule has 1 atom stereocenters. The maximum atomic E-state index is 14.6. The number of benzene rings is 4. The Morgan fingerprint density at radius 1 is 0.783 bits per heavy atom. The van der Waals surface area contributed by atoms with Crippen molar-refractivity contribution in [2.75, 3.05) is 23.7 Å². The Hall–Kier alpha value is -4.08. The van der Waals surface area contributed by atoms with Crippen molar-refractivity contribution in [1.82, 2.24) is 10.2 Å². The molecular formula is C37H43N3O4S2. The molecule has 0 unspecified atom stereocenters. The Balaban J connectivity index is 1.79. The molecule has 46 heavy (non-hydrogen) atoms. The van der Waals surface area contributed by atoms with Crippen LogP contribution < -0.4 is 9.62 Å². The zero-order valence-corrected chi connectivity index (χ0v) is 28.8. The third-order valence-electron chi connectivity index (χ3n) is 7.68. The van der Waals surface area contributed by atoms with E-state index >= 15 is 0 Å². The molecule has 0 aliphatic heterocycles. The van der Waals surface area contributed by atoms with Crippen LogP contribution in [0.1, 0.15) is 36.1 Å². The van der Waals surface area contributed by atoms with Gasteiger partial charge in [-0.25, -0.2) is 8.42 Å². The van der Waals surface area contributed by atoms with Crippen molar-refractivity contribution in [3.05, 3.63) is 125 Å². The van der Waals surface area contributed by atoms with Crippen LogP contribution in [0.3, 0.4) is 0 Å². The molecule has 0 aliphatic rings. The maximum Gasteiger partial charge on any atom is 0.264 e. The Morgan fingerprint density at radius 3 is 1.93 bits per heavy atom. The van der Waals surface area contributed by atoms with Crippen molar-refractivity contribution < 1.29 is 18.0 Å². The first-order valence-corrected chi connectivity index (χ1v) is 18.0. The second-order valence-electron chi connectivity index (χ2n) is 11.9. The van der Waals surface area contributed by atoms with E-state index in [-0.39, 0.29) is 29.7 Å². The predicted octanol–water partition coefficient (Wildman–Crippen LogP) is 6.63. The Bertz CT molecular complexity index is 1690. The van der Waals surface area contributed by atoms with Gasteiger partial charge in [0.1, 0.15) is 12.6 Å². The highest BCUT2D eigenvalue weighted by molar-refractivity contribution is 7.98. The number of hydrogen-bond donors (Lipinski definition) is 1. The highest BCUT2D eigenvalue weighted by Gasteiger charge is 2.34. The number of carbonyl (C=O) groups is 2. The van der Waals surface area contributed by atoms with Crippen LogP contribution in [0, 0.1) is 19.8 Å². The molecule has 4 aromatic carbocycles. The number of nitrogens with one attached hydrogen (secondary N) is 1. The van der Waals surface area contributed by atoms with Gasteiger partial charge in [-0.1, -0.05) is 91.7 Å². The lowest BCUT2D eigenvalue weighted by Crippen LogP contribution is -2.53. The Morgan fingerprint density at radius 2 is 1.37 bits per heavy atom. The molecular weight excluding hydrogens is 615 g/mol. The first-order chi connectivity index (χ1) is 22.0. The highest BCUT2D eigenvalue weighted by Crippen LogP contribution is 2.27. The van der Waals surface area contributed by atoms with Gasteiger partial charge in [-0.05, 0) is 73.5 Å². The summed E-state index contributed by atoms with van der Waals surface area (Å²) in [7, 11) is -4.15. The average Bonchev–Trinajstić information content (AvgIpc) is 3.05. The van der Waals surface area contributed by atoms with Crippen molar-refractivity contribution in [2.45, 2.75) is 56.5 Å².